The Bertz CT molecular complexity index is 599. The molecule has 7 nitrogen and oxygen atoms in total. The zero-order valence-electron chi connectivity index (χ0n) is 13.6. The van der Waals surface area contributed by atoms with Crippen LogP contribution >= 0.6 is 0 Å². The predicted octanol–water partition coefficient (Wildman–Crippen LogP) is 0.724. The molecule has 1 atom stereocenters. The number of nitrogens with one attached hydrogen (secondary N) is 1. The van der Waals surface area contributed by atoms with Gasteiger partial charge in [0, 0.05) is 31.6 Å². The van der Waals surface area contributed by atoms with Gasteiger partial charge in [0.2, 0.25) is 6.10 Å². The summed E-state index contributed by atoms with van der Waals surface area (Å²) in [7, 11) is 0. The lowest BCUT2D eigenvalue weighted by atomic mass is 10.0. The van der Waals surface area contributed by atoms with Crippen molar-refractivity contribution < 1.29 is 19.5 Å². The molecule has 2 heterocycles. The van der Waals surface area contributed by atoms with E-state index in [4.69, 9.17) is 9.57 Å². The average molecular weight is 333 g/mol. The van der Waals surface area contributed by atoms with E-state index in [-0.39, 0.29) is 11.7 Å². The molecule has 1 aromatic carbocycles. The molecule has 1 saturated heterocycles. The number of hydrogen-bond acceptors (Lipinski definition) is 6. The lowest BCUT2D eigenvalue weighted by Gasteiger charge is -2.26. The summed E-state index contributed by atoms with van der Waals surface area (Å²) in [6.45, 7) is 5.05. The highest BCUT2D eigenvalue weighted by atomic mass is 16.6. The van der Waals surface area contributed by atoms with E-state index in [0.717, 1.165) is 39.3 Å². The Morgan fingerprint density at radius 3 is 2.92 bits per heavy atom. The van der Waals surface area contributed by atoms with Gasteiger partial charge in [0.25, 0.3) is 5.91 Å². The first-order chi connectivity index (χ1) is 11.7. The van der Waals surface area contributed by atoms with Crippen molar-refractivity contribution in [1.82, 2.24) is 10.2 Å². The highest BCUT2D eigenvalue weighted by Gasteiger charge is 2.29. The van der Waals surface area contributed by atoms with Crippen molar-refractivity contribution >= 4 is 11.6 Å². The smallest absolute Gasteiger partial charge is 0.264 e. The first-order valence-corrected chi connectivity index (χ1v) is 8.33. The van der Waals surface area contributed by atoms with Gasteiger partial charge in [0.1, 0.15) is 5.75 Å². The number of amides is 1. The first kappa shape index (κ1) is 16.7. The van der Waals surface area contributed by atoms with Gasteiger partial charge in [-0.3, -0.25) is 9.69 Å². The molecule has 3 rings (SSSR count). The highest BCUT2D eigenvalue weighted by Crippen LogP contribution is 2.23. The first-order valence-electron chi connectivity index (χ1n) is 8.33. The Morgan fingerprint density at radius 1 is 1.33 bits per heavy atom. The van der Waals surface area contributed by atoms with Crippen LogP contribution in [0, 0.1) is 0 Å². The molecular formula is C17H23N3O4. The summed E-state index contributed by atoms with van der Waals surface area (Å²) in [4.78, 5) is 19.7. The number of carbonyl (C=O) groups is 1. The van der Waals surface area contributed by atoms with Crippen LogP contribution in [0.1, 0.15) is 18.4 Å². The Hall–Kier alpha value is -2.12. The third kappa shape index (κ3) is 4.24. The number of phenols is 1. The zero-order valence-corrected chi connectivity index (χ0v) is 13.6. The van der Waals surface area contributed by atoms with E-state index in [1.165, 1.54) is 0 Å². The SMILES string of the molecule is O=C(NCCCN1CCOCC1)[C@@H]1CC(c2ccccc2O)=NO1. The van der Waals surface area contributed by atoms with Crippen molar-refractivity contribution in [2.75, 3.05) is 39.4 Å². The van der Waals surface area contributed by atoms with Crippen LogP contribution < -0.4 is 5.32 Å². The summed E-state index contributed by atoms with van der Waals surface area (Å²) < 4.78 is 5.31. The van der Waals surface area contributed by atoms with Crippen LogP contribution in [0.25, 0.3) is 0 Å². The van der Waals surface area contributed by atoms with Crippen LogP contribution in [-0.2, 0) is 14.4 Å². The molecule has 0 saturated carbocycles. The minimum atomic E-state index is -0.622. The van der Waals surface area contributed by atoms with Crippen LogP contribution in [-0.4, -0.2) is 67.1 Å². The van der Waals surface area contributed by atoms with Gasteiger partial charge >= 0.3 is 0 Å². The largest absolute Gasteiger partial charge is 0.507 e. The van der Waals surface area contributed by atoms with Gasteiger partial charge in [-0.2, -0.15) is 0 Å². The van der Waals surface area contributed by atoms with Crippen molar-refractivity contribution in [1.29, 1.82) is 0 Å². The number of ether oxygens (including phenoxy) is 1. The second-order valence-electron chi connectivity index (χ2n) is 5.95. The molecule has 7 heteroatoms. The Labute approximate surface area is 141 Å². The molecular weight excluding hydrogens is 310 g/mol. The molecule has 24 heavy (non-hydrogen) atoms. The summed E-state index contributed by atoms with van der Waals surface area (Å²) >= 11 is 0. The quantitative estimate of drug-likeness (QED) is 0.750. The second-order valence-corrected chi connectivity index (χ2v) is 5.95. The van der Waals surface area contributed by atoms with Gasteiger partial charge in [-0.15, -0.1) is 0 Å². The minimum Gasteiger partial charge on any atom is -0.507 e. The third-order valence-electron chi connectivity index (χ3n) is 4.23. The normalized spacial score (nSPS) is 21.2. The molecule has 2 N–H and O–H groups in total. The van der Waals surface area contributed by atoms with E-state index >= 15 is 0 Å². The number of para-hydroxylation sites is 1. The van der Waals surface area contributed by atoms with Crippen LogP contribution in [0.3, 0.4) is 0 Å². The molecule has 2 aliphatic rings. The minimum absolute atomic E-state index is 0.145. The van der Waals surface area contributed by atoms with Gasteiger partial charge in [-0.25, -0.2) is 0 Å². The van der Waals surface area contributed by atoms with Crippen molar-refractivity contribution in [2.45, 2.75) is 18.9 Å². The molecule has 0 radical (unpaired) electrons. The van der Waals surface area contributed by atoms with Crippen molar-refractivity contribution in [2.24, 2.45) is 5.16 Å². The van der Waals surface area contributed by atoms with Crippen LogP contribution in [0.2, 0.25) is 0 Å². The predicted molar refractivity (Wildman–Crippen MR) is 89.0 cm³/mol. The van der Waals surface area contributed by atoms with E-state index < -0.39 is 6.10 Å². The summed E-state index contributed by atoms with van der Waals surface area (Å²) in [5.74, 6) is -0.0161. The summed E-state index contributed by atoms with van der Waals surface area (Å²) in [5, 5.41) is 16.7. The maximum absolute atomic E-state index is 12.2. The van der Waals surface area contributed by atoms with Gasteiger partial charge < -0.3 is 20.0 Å². The van der Waals surface area contributed by atoms with Gasteiger partial charge in [0.05, 0.1) is 18.9 Å². The summed E-state index contributed by atoms with van der Waals surface area (Å²) in [6, 6.07) is 6.92. The third-order valence-corrected chi connectivity index (χ3v) is 4.23. The number of benzene rings is 1. The number of rotatable bonds is 6. The topological polar surface area (TPSA) is 83.4 Å². The zero-order chi connectivity index (χ0) is 16.8. The fourth-order valence-corrected chi connectivity index (χ4v) is 2.85. The van der Waals surface area contributed by atoms with Gasteiger partial charge in [0.15, 0.2) is 0 Å². The van der Waals surface area contributed by atoms with E-state index in [0.29, 0.717) is 24.2 Å². The average Bonchev–Trinajstić information content (AvgIpc) is 3.10. The Balaban J connectivity index is 1.38. The van der Waals surface area contributed by atoms with Crippen LogP contribution in [0.15, 0.2) is 29.4 Å². The molecule has 1 aromatic rings. The number of phenolic OH excluding ortho intramolecular Hbond substituents is 1. The maximum atomic E-state index is 12.2. The van der Waals surface area contributed by atoms with Crippen LogP contribution in [0.4, 0.5) is 0 Å². The van der Waals surface area contributed by atoms with Gasteiger partial charge in [-0.05, 0) is 25.1 Å². The summed E-state index contributed by atoms with van der Waals surface area (Å²) in [5.41, 5.74) is 1.21. The lowest BCUT2D eigenvalue weighted by molar-refractivity contribution is -0.131. The standard InChI is InChI=1S/C17H23N3O4/c21-15-5-2-1-4-13(15)14-12-16(24-19-14)17(22)18-6-3-7-20-8-10-23-11-9-20/h1-2,4-5,16,21H,3,6-12H2,(H,18,22)/t16-/m0/s1. The fourth-order valence-electron chi connectivity index (χ4n) is 2.85. The molecule has 0 bridgehead atoms. The maximum Gasteiger partial charge on any atom is 0.264 e. The Morgan fingerprint density at radius 2 is 2.12 bits per heavy atom. The van der Waals surface area contributed by atoms with E-state index in [9.17, 15) is 9.90 Å². The molecule has 0 aliphatic carbocycles. The number of aromatic hydroxyl groups is 1. The number of nitrogens with zero attached hydrogens (tertiary/aromatic N) is 2. The van der Waals surface area contributed by atoms with Crippen LogP contribution in [0.5, 0.6) is 5.75 Å². The van der Waals surface area contributed by atoms with Crippen molar-refractivity contribution in [3.05, 3.63) is 29.8 Å². The molecule has 0 unspecified atom stereocenters. The fraction of sp³-hybridized carbons (Fsp3) is 0.529. The number of carbonyl (C=O) groups excluding carboxylic acids is 1. The van der Waals surface area contributed by atoms with E-state index in [1.807, 2.05) is 6.07 Å². The Kier molecular flexibility index (Phi) is 5.66. The monoisotopic (exact) mass is 333 g/mol. The van der Waals surface area contributed by atoms with Crippen molar-refractivity contribution in [3.63, 3.8) is 0 Å². The van der Waals surface area contributed by atoms with Crippen molar-refractivity contribution in [3.8, 4) is 5.75 Å². The van der Waals surface area contributed by atoms with Gasteiger partial charge in [-0.1, -0.05) is 17.3 Å². The molecule has 0 aromatic heterocycles. The number of morpholine rings is 1. The molecule has 130 valence electrons. The number of oxime groups is 1. The molecule has 1 amide bonds. The van der Waals surface area contributed by atoms with E-state index in [1.54, 1.807) is 18.2 Å². The van der Waals surface area contributed by atoms with E-state index in [2.05, 4.69) is 15.4 Å². The molecule has 0 spiro atoms. The summed E-state index contributed by atoms with van der Waals surface area (Å²) in [6.07, 6.45) is 0.640. The highest BCUT2D eigenvalue weighted by molar-refractivity contribution is 6.05. The molecule has 1 fully saturated rings. The molecule has 2 aliphatic heterocycles. The lowest BCUT2D eigenvalue weighted by Crippen LogP contribution is -2.39. The second kappa shape index (κ2) is 8.12. The number of hydrogen-bond donors (Lipinski definition) is 2.